The average molecular weight is 272 g/mol. The Balaban J connectivity index is 2.83. The van der Waals surface area contributed by atoms with Gasteiger partial charge in [-0.3, -0.25) is 0 Å². The van der Waals surface area contributed by atoms with Gasteiger partial charge in [0.25, 0.3) is 10.2 Å². The highest BCUT2D eigenvalue weighted by atomic mass is 32.2. The Morgan fingerprint density at radius 2 is 1.89 bits per heavy atom. The first-order valence-electron chi connectivity index (χ1n) is 5.90. The van der Waals surface area contributed by atoms with Crippen molar-refractivity contribution in [3.63, 3.8) is 0 Å². The van der Waals surface area contributed by atoms with Crippen molar-refractivity contribution < 1.29 is 13.5 Å². The van der Waals surface area contributed by atoms with Crippen LogP contribution in [0.4, 0.5) is 0 Å². The smallest absolute Gasteiger partial charge is 0.279 e. The molecule has 0 spiro atoms. The van der Waals surface area contributed by atoms with Gasteiger partial charge in [-0.05, 0) is 31.0 Å². The number of hydrogen-bond acceptors (Lipinski definition) is 3. The second kappa shape index (κ2) is 6.17. The second-order valence-electron chi connectivity index (χ2n) is 4.18. The van der Waals surface area contributed by atoms with Crippen LogP contribution in [0.15, 0.2) is 24.3 Å². The number of nitrogens with zero attached hydrogens (tertiary/aromatic N) is 1. The normalized spacial score (nSPS) is 13.8. The third-order valence-corrected chi connectivity index (χ3v) is 4.48. The molecule has 0 aliphatic carbocycles. The molecule has 0 saturated heterocycles. The lowest BCUT2D eigenvalue weighted by Gasteiger charge is -2.24. The average Bonchev–Trinajstić information content (AvgIpc) is 2.35. The maximum absolute atomic E-state index is 11.9. The fourth-order valence-corrected chi connectivity index (χ4v) is 2.71. The van der Waals surface area contributed by atoms with Gasteiger partial charge in [-0.1, -0.05) is 19.1 Å². The Labute approximate surface area is 109 Å². The molecule has 1 rings (SSSR count). The fourth-order valence-electron chi connectivity index (χ4n) is 1.50. The molecule has 0 amide bonds. The summed E-state index contributed by atoms with van der Waals surface area (Å²) in [6, 6.07) is 6.23. The Morgan fingerprint density at radius 1 is 1.33 bits per heavy atom. The summed E-state index contributed by atoms with van der Waals surface area (Å²) in [5.41, 5.74) is 0.831. The highest BCUT2D eigenvalue weighted by Crippen LogP contribution is 2.22. The van der Waals surface area contributed by atoms with Crippen molar-refractivity contribution in [2.45, 2.75) is 26.3 Å². The molecule has 1 atom stereocenters. The summed E-state index contributed by atoms with van der Waals surface area (Å²) >= 11 is 0. The van der Waals surface area contributed by atoms with Crippen LogP contribution >= 0.6 is 0 Å². The number of hydrogen-bond donors (Lipinski definition) is 2. The van der Waals surface area contributed by atoms with Crippen molar-refractivity contribution in [2.24, 2.45) is 0 Å². The highest BCUT2D eigenvalue weighted by Gasteiger charge is 2.23. The summed E-state index contributed by atoms with van der Waals surface area (Å²) in [5, 5.41) is 9.21. The highest BCUT2D eigenvalue weighted by molar-refractivity contribution is 7.87. The maximum Gasteiger partial charge on any atom is 0.279 e. The van der Waals surface area contributed by atoms with Crippen molar-refractivity contribution in [3.8, 4) is 5.75 Å². The lowest BCUT2D eigenvalue weighted by atomic mass is 10.1. The van der Waals surface area contributed by atoms with E-state index < -0.39 is 10.2 Å². The molecular weight excluding hydrogens is 252 g/mol. The summed E-state index contributed by atoms with van der Waals surface area (Å²) < 4.78 is 27.7. The molecule has 6 heteroatoms. The topological polar surface area (TPSA) is 69.6 Å². The Hall–Kier alpha value is -1.11. The molecule has 0 saturated carbocycles. The van der Waals surface area contributed by atoms with Crippen molar-refractivity contribution >= 4 is 10.2 Å². The van der Waals surface area contributed by atoms with E-state index in [1.807, 2.05) is 6.92 Å². The predicted molar refractivity (Wildman–Crippen MR) is 71.5 cm³/mol. The molecule has 0 fully saturated rings. The second-order valence-corrected chi connectivity index (χ2v) is 6.00. The summed E-state index contributed by atoms with van der Waals surface area (Å²) in [5.74, 6) is 0.167. The number of aromatic hydroxyl groups is 1. The minimum atomic E-state index is -3.46. The lowest BCUT2D eigenvalue weighted by Crippen LogP contribution is -2.39. The molecule has 0 aliphatic rings. The van der Waals surface area contributed by atoms with Crippen LogP contribution in [0.1, 0.15) is 31.9 Å². The van der Waals surface area contributed by atoms with Gasteiger partial charge in [0.2, 0.25) is 0 Å². The number of benzene rings is 1. The van der Waals surface area contributed by atoms with Crippen molar-refractivity contribution in [1.29, 1.82) is 0 Å². The molecule has 0 heterocycles. The largest absolute Gasteiger partial charge is 0.508 e. The van der Waals surface area contributed by atoms with Crippen LogP contribution in [0, 0.1) is 0 Å². The van der Waals surface area contributed by atoms with E-state index in [1.54, 1.807) is 31.2 Å². The van der Waals surface area contributed by atoms with Crippen LogP contribution in [0.5, 0.6) is 5.75 Å². The van der Waals surface area contributed by atoms with Crippen molar-refractivity contribution in [3.05, 3.63) is 29.8 Å². The molecule has 2 N–H and O–H groups in total. The number of phenolic OH excluding ortho intramolecular Hbond substituents is 1. The van der Waals surface area contributed by atoms with Crippen molar-refractivity contribution in [2.75, 3.05) is 13.6 Å². The SMILES string of the molecule is CCCNS(=O)(=O)N(C)C(C)c1ccc(O)cc1. The van der Waals surface area contributed by atoms with Crippen LogP contribution in [0.2, 0.25) is 0 Å². The first kappa shape index (κ1) is 14.9. The van der Waals surface area contributed by atoms with Gasteiger partial charge in [-0.2, -0.15) is 12.7 Å². The van der Waals surface area contributed by atoms with Gasteiger partial charge < -0.3 is 5.11 Å². The van der Waals surface area contributed by atoms with Gasteiger partial charge >= 0.3 is 0 Å². The molecule has 0 bridgehead atoms. The van der Waals surface area contributed by atoms with E-state index in [0.29, 0.717) is 6.54 Å². The standard InChI is InChI=1S/C12H20N2O3S/c1-4-9-13-18(16,17)14(3)10(2)11-5-7-12(15)8-6-11/h5-8,10,13,15H,4,9H2,1-3H3. The molecule has 0 aromatic heterocycles. The molecule has 1 aromatic rings. The summed E-state index contributed by atoms with van der Waals surface area (Å²) in [6.45, 7) is 4.14. The van der Waals surface area contributed by atoms with E-state index in [4.69, 9.17) is 0 Å². The molecule has 0 radical (unpaired) electrons. The van der Waals surface area contributed by atoms with Crippen LogP contribution < -0.4 is 4.72 Å². The minimum absolute atomic E-state index is 0.167. The fraction of sp³-hybridized carbons (Fsp3) is 0.500. The van der Waals surface area contributed by atoms with E-state index in [-0.39, 0.29) is 11.8 Å². The zero-order chi connectivity index (χ0) is 13.8. The number of phenols is 1. The van der Waals surface area contributed by atoms with Crippen LogP contribution in [0.3, 0.4) is 0 Å². The molecule has 1 aromatic carbocycles. The number of nitrogens with one attached hydrogen (secondary N) is 1. The first-order chi connectivity index (χ1) is 8.38. The molecule has 0 aliphatic heterocycles. The molecule has 18 heavy (non-hydrogen) atoms. The van der Waals surface area contributed by atoms with Crippen molar-refractivity contribution in [1.82, 2.24) is 9.03 Å². The van der Waals surface area contributed by atoms with E-state index in [1.165, 1.54) is 11.4 Å². The third-order valence-electron chi connectivity index (χ3n) is 2.83. The number of rotatable bonds is 6. The van der Waals surface area contributed by atoms with E-state index in [2.05, 4.69) is 4.72 Å². The monoisotopic (exact) mass is 272 g/mol. The maximum atomic E-state index is 11.9. The molecule has 1 unspecified atom stereocenters. The van der Waals surface area contributed by atoms with Gasteiger partial charge in [-0.15, -0.1) is 0 Å². The van der Waals surface area contributed by atoms with Crippen LogP contribution in [-0.2, 0) is 10.2 Å². The summed E-state index contributed by atoms with van der Waals surface area (Å²) in [6.07, 6.45) is 0.751. The Kier molecular flexibility index (Phi) is 5.13. The van der Waals surface area contributed by atoms with Crippen LogP contribution in [-0.4, -0.2) is 31.4 Å². The zero-order valence-electron chi connectivity index (χ0n) is 10.9. The molecule has 102 valence electrons. The molecule has 5 nitrogen and oxygen atoms in total. The molecular formula is C12H20N2O3S. The Morgan fingerprint density at radius 3 is 2.39 bits per heavy atom. The first-order valence-corrected chi connectivity index (χ1v) is 7.34. The summed E-state index contributed by atoms with van der Waals surface area (Å²) in [7, 11) is -1.92. The van der Waals surface area contributed by atoms with E-state index in [0.717, 1.165) is 12.0 Å². The van der Waals surface area contributed by atoms with Gasteiger partial charge in [0, 0.05) is 19.6 Å². The quantitative estimate of drug-likeness (QED) is 0.827. The van der Waals surface area contributed by atoms with Crippen LogP contribution in [0.25, 0.3) is 0 Å². The van der Waals surface area contributed by atoms with Gasteiger partial charge in [-0.25, -0.2) is 4.72 Å². The summed E-state index contributed by atoms with van der Waals surface area (Å²) in [4.78, 5) is 0. The van der Waals surface area contributed by atoms with E-state index >= 15 is 0 Å². The third kappa shape index (κ3) is 3.69. The van der Waals surface area contributed by atoms with Gasteiger partial charge in [0.05, 0.1) is 0 Å². The van der Waals surface area contributed by atoms with Gasteiger partial charge in [0.15, 0.2) is 0 Å². The minimum Gasteiger partial charge on any atom is -0.508 e. The zero-order valence-corrected chi connectivity index (χ0v) is 11.7. The van der Waals surface area contributed by atoms with E-state index in [9.17, 15) is 13.5 Å². The van der Waals surface area contributed by atoms with Gasteiger partial charge in [0.1, 0.15) is 5.75 Å². The lowest BCUT2D eigenvalue weighted by molar-refractivity contribution is 0.390. The Bertz CT molecular complexity index is 471. The predicted octanol–water partition coefficient (Wildman–Crippen LogP) is 1.63.